The van der Waals surface area contributed by atoms with Crippen LogP contribution < -0.4 is 5.32 Å². The summed E-state index contributed by atoms with van der Waals surface area (Å²) in [6.45, 7) is 3.60. The van der Waals surface area contributed by atoms with Crippen molar-refractivity contribution in [3.05, 3.63) is 78.1 Å². The number of rotatable bonds is 6. The third-order valence-corrected chi connectivity index (χ3v) is 4.11. The van der Waals surface area contributed by atoms with Crippen molar-refractivity contribution < 1.29 is 9.90 Å². The summed E-state index contributed by atoms with van der Waals surface area (Å²) in [6.07, 6.45) is 5.02. The number of nitrogens with zero attached hydrogens (tertiary/aromatic N) is 2. The lowest BCUT2D eigenvalue weighted by Crippen LogP contribution is -2.19. The lowest BCUT2D eigenvalue weighted by Gasteiger charge is -2.16. The molecule has 0 spiro atoms. The van der Waals surface area contributed by atoms with Crippen molar-refractivity contribution in [2.45, 2.75) is 32.3 Å². The molecule has 3 aromatic rings. The van der Waals surface area contributed by atoms with Crippen LogP contribution in [0.4, 0.5) is 5.69 Å². The number of hydrogen-bond acceptors (Lipinski definition) is 3. The number of carbonyl (C=O) groups excluding carboxylic acids is 1. The first-order valence-corrected chi connectivity index (χ1v) is 8.63. The van der Waals surface area contributed by atoms with Gasteiger partial charge >= 0.3 is 0 Å². The van der Waals surface area contributed by atoms with Crippen molar-refractivity contribution in [1.29, 1.82) is 0 Å². The Balaban J connectivity index is 1.66. The Kier molecular flexibility index (Phi) is 5.19. The molecule has 0 bridgehead atoms. The van der Waals surface area contributed by atoms with Crippen molar-refractivity contribution in [2.75, 3.05) is 5.32 Å². The number of aromatic nitrogens is 2. The van der Waals surface area contributed by atoms with Crippen LogP contribution in [0.15, 0.2) is 67.0 Å². The van der Waals surface area contributed by atoms with Gasteiger partial charge in [0.15, 0.2) is 0 Å². The monoisotopic (exact) mass is 349 g/mol. The van der Waals surface area contributed by atoms with E-state index in [0.717, 1.165) is 17.7 Å². The van der Waals surface area contributed by atoms with Gasteiger partial charge in [-0.15, -0.1) is 0 Å². The lowest BCUT2D eigenvalue weighted by molar-refractivity contribution is 0.0714. The first kappa shape index (κ1) is 17.9. The lowest BCUT2D eigenvalue weighted by atomic mass is 9.98. The smallest absolute Gasteiger partial charge is 0.255 e. The van der Waals surface area contributed by atoms with Gasteiger partial charge in [-0.25, -0.2) is 4.68 Å². The molecule has 26 heavy (non-hydrogen) atoms. The van der Waals surface area contributed by atoms with Crippen LogP contribution in [-0.2, 0) is 6.42 Å². The van der Waals surface area contributed by atoms with Gasteiger partial charge in [-0.2, -0.15) is 5.10 Å². The molecule has 134 valence electrons. The average Bonchev–Trinajstić information content (AvgIpc) is 3.15. The fraction of sp³-hybridized carbons (Fsp3) is 0.238. The summed E-state index contributed by atoms with van der Waals surface area (Å²) in [7, 11) is 0. The number of aryl methyl sites for hydroxylation is 1. The summed E-state index contributed by atoms with van der Waals surface area (Å²) >= 11 is 0. The molecule has 0 aliphatic heterocycles. The maximum Gasteiger partial charge on any atom is 0.255 e. The van der Waals surface area contributed by atoms with Crippen LogP contribution in [-0.4, -0.2) is 26.4 Å². The predicted molar refractivity (Wildman–Crippen MR) is 103 cm³/mol. The number of amides is 1. The van der Waals surface area contributed by atoms with E-state index in [1.165, 1.54) is 0 Å². The van der Waals surface area contributed by atoms with Crippen LogP contribution in [0, 0.1) is 0 Å². The Morgan fingerprint density at radius 1 is 1.15 bits per heavy atom. The molecular formula is C21H23N3O2. The second-order valence-electron chi connectivity index (χ2n) is 6.96. The van der Waals surface area contributed by atoms with Gasteiger partial charge in [0.1, 0.15) is 0 Å². The first-order valence-electron chi connectivity index (χ1n) is 8.63. The van der Waals surface area contributed by atoms with Crippen LogP contribution in [0.3, 0.4) is 0 Å². The third-order valence-electron chi connectivity index (χ3n) is 4.11. The number of hydrogen-bond donors (Lipinski definition) is 2. The third kappa shape index (κ3) is 4.80. The van der Waals surface area contributed by atoms with Crippen LogP contribution in [0.5, 0.6) is 0 Å². The molecule has 0 saturated carbocycles. The quantitative estimate of drug-likeness (QED) is 0.711. The van der Waals surface area contributed by atoms with Crippen LogP contribution in [0.1, 0.15) is 36.2 Å². The van der Waals surface area contributed by atoms with Gasteiger partial charge in [0, 0.05) is 23.6 Å². The molecule has 0 saturated heterocycles. The van der Waals surface area contributed by atoms with Crippen molar-refractivity contribution in [2.24, 2.45) is 0 Å². The molecule has 1 aromatic heterocycles. The van der Waals surface area contributed by atoms with Gasteiger partial charge in [0.25, 0.3) is 5.91 Å². The highest BCUT2D eigenvalue weighted by Crippen LogP contribution is 2.17. The van der Waals surface area contributed by atoms with E-state index in [-0.39, 0.29) is 5.91 Å². The summed E-state index contributed by atoms with van der Waals surface area (Å²) in [5.74, 6) is -0.156. The maximum absolute atomic E-state index is 12.5. The average molecular weight is 349 g/mol. The minimum Gasteiger partial charge on any atom is -0.390 e. The molecule has 2 aromatic carbocycles. The van der Waals surface area contributed by atoms with E-state index in [0.29, 0.717) is 17.7 Å². The molecule has 0 unspecified atom stereocenters. The number of carbonyl (C=O) groups is 1. The fourth-order valence-corrected chi connectivity index (χ4v) is 2.62. The van der Waals surface area contributed by atoms with Gasteiger partial charge in [-0.3, -0.25) is 4.79 Å². The molecule has 1 amide bonds. The largest absolute Gasteiger partial charge is 0.390 e. The SMILES string of the molecule is CC(C)(O)CCc1ccc(C(=O)Nc2cccc(-n3cccn3)c2)cc1. The summed E-state index contributed by atoms with van der Waals surface area (Å²) in [6, 6.07) is 16.9. The summed E-state index contributed by atoms with van der Waals surface area (Å²) in [5.41, 5.74) is 2.62. The Bertz CT molecular complexity index is 863. The second-order valence-corrected chi connectivity index (χ2v) is 6.96. The van der Waals surface area contributed by atoms with Crippen LogP contribution in [0.2, 0.25) is 0 Å². The number of anilines is 1. The number of aliphatic hydroxyl groups is 1. The minimum atomic E-state index is -0.685. The van der Waals surface area contributed by atoms with Crippen LogP contribution >= 0.6 is 0 Å². The van der Waals surface area contributed by atoms with Gasteiger partial charge in [-0.05, 0) is 68.7 Å². The van der Waals surface area contributed by atoms with E-state index in [1.54, 1.807) is 24.7 Å². The highest BCUT2D eigenvalue weighted by atomic mass is 16.3. The Hall–Kier alpha value is -2.92. The highest BCUT2D eigenvalue weighted by Gasteiger charge is 2.12. The molecule has 0 aliphatic rings. The molecule has 1 heterocycles. The minimum absolute atomic E-state index is 0.156. The molecule has 5 nitrogen and oxygen atoms in total. The molecule has 0 radical (unpaired) electrons. The summed E-state index contributed by atoms with van der Waals surface area (Å²) in [4.78, 5) is 12.5. The zero-order valence-electron chi connectivity index (χ0n) is 15.0. The van der Waals surface area contributed by atoms with E-state index in [1.807, 2.05) is 60.8 Å². The zero-order valence-corrected chi connectivity index (χ0v) is 15.0. The van der Waals surface area contributed by atoms with Crippen molar-refractivity contribution in [3.8, 4) is 5.69 Å². The molecule has 0 aliphatic carbocycles. The van der Waals surface area contributed by atoms with Gasteiger partial charge in [0.2, 0.25) is 0 Å². The maximum atomic E-state index is 12.5. The second kappa shape index (κ2) is 7.54. The molecule has 0 fully saturated rings. The topological polar surface area (TPSA) is 67.2 Å². The zero-order chi connectivity index (χ0) is 18.6. The number of nitrogens with one attached hydrogen (secondary N) is 1. The van der Waals surface area contributed by atoms with Gasteiger partial charge in [-0.1, -0.05) is 18.2 Å². The van der Waals surface area contributed by atoms with Gasteiger partial charge in [0.05, 0.1) is 11.3 Å². The Morgan fingerprint density at radius 2 is 1.92 bits per heavy atom. The van der Waals surface area contributed by atoms with E-state index in [9.17, 15) is 9.90 Å². The molecule has 5 heteroatoms. The summed E-state index contributed by atoms with van der Waals surface area (Å²) < 4.78 is 1.74. The van der Waals surface area contributed by atoms with Crippen molar-refractivity contribution >= 4 is 11.6 Å². The van der Waals surface area contributed by atoms with Gasteiger partial charge < -0.3 is 10.4 Å². The first-order chi connectivity index (χ1) is 12.4. The fourth-order valence-electron chi connectivity index (χ4n) is 2.62. The summed E-state index contributed by atoms with van der Waals surface area (Å²) in [5, 5.41) is 16.9. The molecular weight excluding hydrogens is 326 g/mol. The highest BCUT2D eigenvalue weighted by molar-refractivity contribution is 6.04. The van der Waals surface area contributed by atoms with E-state index in [4.69, 9.17) is 0 Å². The van der Waals surface area contributed by atoms with Crippen LogP contribution in [0.25, 0.3) is 5.69 Å². The van der Waals surface area contributed by atoms with Crippen molar-refractivity contribution in [1.82, 2.24) is 9.78 Å². The number of benzene rings is 2. The molecule has 0 atom stereocenters. The standard InChI is InChI=1S/C21H23N3O2/c1-21(2,26)12-11-16-7-9-17(10-8-16)20(25)23-18-5-3-6-19(15-18)24-14-4-13-22-24/h3-10,13-15,26H,11-12H2,1-2H3,(H,23,25). The normalized spacial score (nSPS) is 11.3. The molecule has 2 N–H and O–H groups in total. The predicted octanol–water partition coefficient (Wildman–Crippen LogP) is 3.83. The molecule has 3 rings (SSSR count). The van der Waals surface area contributed by atoms with E-state index < -0.39 is 5.60 Å². The van der Waals surface area contributed by atoms with E-state index in [2.05, 4.69) is 10.4 Å². The Morgan fingerprint density at radius 3 is 2.58 bits per heavy atom. The Labute approximate surface area is 153 Å². The van der Waals surface area contributed by atoms with E-state index >= 15 is 0 Å². The van der Waals surface area contributed by atoms with Crippen molar-refractivity contribution in [3.63, 3.8) is 0 Å².